The summed E-state index contributed by atoms with van der Waals surface area (Å²) in [6, 6.07) is 0.583. The second-order valence-corrected chi connectivity index (χ2v) is 7.14. The number of fused-ring (bicyclic) bond motifs is 1. The first kappa shape index (κ1) is 14.7. The standard InChI is InChI=1S/C16H24N4S/c1-11-12(2)21-16-14(11)15(18-10-19-16)20(9-8-17)13-6-4-3-5-7-13/h10,13H,3-9,17H2,1-2H3. The Kier molecular flexibility index (Phi) is 4.40. The Hall–Kier alpha value is -1.20. The number of nitrogens with two attached hydrogens (primary N) is 1. The fourth-order valence-electron chi connectivity index (χ4n) is 3.37. The van der Waals surface area contributed by atoms with Crippen LogP contribution in [0, 0.1) is 13.8 Å². The Morgan fingerprint density at radius 2 is 2.00 bits per heavy atom. The lowest BCUT2D eigenvalue weighted by atomic mass is 9.94. The molecule has 1 saturated carbocycles. The van der Waals surface area contributed by atoms with E-state index >= 15 is 0 Å². The van der Waals surface area contributed by atoms with Gasteiger partial charge < -0.3 is 10.6 Å². The third kappa shape index (κ3) is 2.77. The minimum absolute atomic E-state index is 0.583. The number of hydrogen-bond acceptors (Lipinski definition) is 5. The van der Waals surface area contributed by atoms with Gasteiger partial charge in [0.1, 0.15) is 17.0 Å². The monoisotopic (exact) mass is 304 g/mol. The topological polar surface area (TPSA) is 55.0 Å². The van der Waals surface area contributed by atoms with Crippen molar-refractivity contribution < 1.29 is 0 Å². The van der Waals surface area contributed by atoms with Crippen LogP contribution >= 0.6 is 11.3 Å². The Bertz CT molecular complexity index is 616. The van der Waals surface area contributed by atoms with Crippen molar-refractivity contribution in [2.75, 3.05) is 18.0 Å². The van der Waals surface area contributed by atoms with Crippen molar-refractivity contribution in [2.24, 2.45) is 5.73 Å². The van der Waals surface area contributed by atoms with Crippen LogP contribution in [0.15, 0.2) is 6.33 Å². The molecule has 21 heavy (non-hydrogen) atoms. The second kappa shape index (κ2) is 6.28. The van der Waals surface area contributed by atoms with E-state index in [9.17, 15) is 0 Å². The molecule has 0 atom stereocenters. The molecule has 5 heteroatoms. The summed E-state index contributed by atoms with van der Waals surface area (Å²) in [5.41, 5.74) is 7.20. The highest BCUT2D eigenvalue weighted by Gasteiger charge is 2.25. The molecular weight excluding hydrogens is 280 g/mol. The van der Waals surface area contributed by atoms with Gasteiger partial charge in [-0.1, -0.05) is 19.3 Å². The number of rotatable bonds is 4. The molecule has 3 rings (SSSR count). The predicted molar refractivity (Wildman–Crippen MR) is 90.2 cm³/mol. The van der Waals surface area contributed by atoms with Gasteiger partial charge in [0.05, 0.1) is 5.39 Å². The van der Waals surface area contributed by atoms with E-state index in [0.29, 0.717) is 12.6 Å². The van der Waals surface area contributed by atoms with Crippen LogP contribution in [0.5, 0.6) is 0 Å². The molecule has 2 aromatic rings. The average molecular weight is 304 g/mol. The Balaban J connectivity index is 2.06. The van der Waals surface area contributed by atoms with Crippen molar-refractivity contribution in [3.63, 3.8) is 0 Å². The molecule has 1 fully saturated rings. The first-order valence-electron chi connectivity index (χ1n) is 7.89. The Morgan fingerprint density at radius 3 is 2.71 bits per heavy atom. The maximum Gasteiger partial charge on any atom is 0.141 e. The van der Waals surface area contributed by atoms with Crippen molar-refractivity contribution in [3.05, 3.63) is 16.8 Å². The lowest BCUT2D eigenvalue weighted by Crippen LogP contribution is -2.40. The van der Waals surface area contributed by atoms with Crippen LogP contribution in [0.3, 0.4) is 0 Å². The fourth-order valence-corrected chi connectivity index (χ4v) is 4.37. The molecule has 0 amide bonds. The quantitative estimate of drug-likeness (QED) is 0.940. The van der Waals surface area contributed by atoms with Crippen LogP contribution < -0.4 is 10.6 Å². The molecule has 4 nitrogen and oxygen atoms in total. The van der Waals surface area contributed by atoms with Crippen LogP contribution in [0.2, 0.25) is 0 Å². The highest BCUT2D eigenvalue weighted by Crippen LogP contribution is 2.36. The van der Waals surface area contributed by atoms with E-state index in [1.165, 1.54) is 47.9 Å². The molecule has 2 heterocycles. The van der Waals surface area contributed by atoms with Crippen LogP contribution in [0.25, 0.3) is 10.2 Å². The summed E-state index contributed by atoms with van der Waals surface area (Å²) >= 11 is 1.77. The van der Waals surface area contributed by atoms with E-state index in [-0.39, 0.29) is 0 Å². The van der Waals surface area contributed by atoms with Crippen molar-refractivity contribution >= 4 is 27.4 Å². The number of aryl methyl sites for hydroxylation is 2. The highest BCUT2D eigenvalue weighted by molar-refractivity contribution is 7.18. The molecule has 1 aliphatic carbocycles. The van der Waals surface area contributed by atoms with Gasteiger partial charge in [-0.3, -0.25) is 0 Å². The third-order valence-corrected chi connectivity index (χ3v) is 5.72. The summed E-state index contributed by atoms with van der Waals surface area (Å²) in [5.74, 6) is 1.10. The minimum atomic E-state index is 0.583. The number of nitrogens with zero attached hydrogens (tertiary/aromatic N) is 3. The van der Waals surface area contributed by atoms with E-state index in [1.807, 2.05) is 0 Å². The second-order valence-electron chi connectivity index (χ2n) is 5.93. The zero-order valence-corrected chi connectivity index (χ0v) is 13.7. The molecule has 114 valence electrons. The lowest BCUT2D eigenvalue weighted by Gasteiger charge is -2.35. The summed E-state index contributed by atoms with van der Waals surface area (Å²) in [4.78, 5) is 14.0. The van der Waals surface area contributed by atoms with Crippen LogP contribution in [0.1, 0.15) is 42.5 Å². The summed E-state index contributed by atoms with van der Waals surface area (Å²) < 4.78 is 0. The normalized spacial score (nSPS) is 16.5. The van der Waals surface area contributed by atoms with Crippen LogP contribution in [0.4, 0.5) is 5.82 Å². The largest absolute Gasteiger partial charge is 0.352 e. The zero-order chi connectivity index (χ0) is 14.8. The summed E-state index contributed by atoms with van der Waals surface area (Å²) in [7, 11) is 0. The number of aromatic nitrogens is 2. The maximum atomic E-state index is 5.88. The number of anilines is 1. The molecule has 0 aromatic carbocycles. The van der Waals surface area contributed by atoms with Gasteiger partial charge >= 0.3 is 0 Å². The first-order chi connectivity index (χ1) is 10.2. The fraction of sp³-hybridized carbons (Fsp3) is 0.625. The van der Waals surface area contributed by atoms with Gasteiger partial charge in [-0.05, 0) is 32.3 Å². The molecule has 0 unspecified atom stereocenters. The molecule has 0 spiro atoms. The summed E-state index contributed by atoms with van der Waals surface area (Å²) in [6.45, 7) is 5.90. The third-order valence-electron chi connectivity index (χ3n) is 4.60. The lowest BCUT2D eigenvalue weighted by molar-refractivity contribution is 0.414. The number of hydrogen-bond donors (Lipinski definition) is 1. The molecule has 1 aliphatic rings. The van der Waals surface area contributed by atoms with E-state index < -0.39 is 0 Å². The van der Waals surface area contributed by atoms with Crippen molar-refractivity contribution in [3.8, 4) is 0 Å². The molecule has 0 saturated heterocycles. The summed E-state index contributed by atoms with van der Waals surface area (Å²) in [5, 5.41) is 1.24. The van der Waals surface area contributed by atoms with Gasteiger partial charge in [0.2, 0.25) is 0 Å². The Labute approximate surface area is 130 Å². The van der Waals surface area contributed by atoms with E-state index in [1.54, 1.807) is 17.7 Å². The smallest absolute Gasteiger partial charge is 0.141 e. The first-order valence-corrected chi connectivity index (χ1v) is 8.71. The SMILES string of the molecule is Cc1sc2ncnc(N(CCN)C3CCCCC3)c2c1C. The highest BCUT2D eigenvalue weighted by atomic mass is 32.1. The van der Waals surface area contributed by atoms with E-state index in [4.69, 9.17) is 5.73 Å². The predicted octanol–water partition coefficient (Wildman–Crippen LogP) is 3.41. The molecule has 0 aliphatic heterocycles. The van der Waals surface area contributed by atoms with E-state index in [0.717, 1.165) is 17.2 Å². The average Bonchev–Trinajstić information content (AvgIpc) is 2.81. The summed E-state index contributed by atoms with van der Waals surface area (Å²) in [6.07, 6.45) is 8.23. The van der Waals surface area contributed by atoms with Gasteiger partial charge in [-0.15, -0.1) is 11.3 Å². The van der Waals surface area contributed by atoms with Crippen molar-refractivity contribution in [2.45, 2.75) is 52.0 Å². The van der Waals surface area contributed by atoms with Crippen molar-refractivity contribution in [1.82, 2.24) is 9.97 Å². The zero-order valence-electron chi connectivity index (χ0n) is 12.9. The molecular formula is C16H24N4S. The molecule has 0 bridgehead atoms. The van der Waals surface area contributed by atoms with Gasteiger partial charge in [0.25, 0.3) is 0 Å². The number of thiophene rings is 1. The van der Waals surface area contributed by atoms with Crippen LogP contribution in [-0.4, -0.2) is 29.1 Å². The van der Waals surface area contributed by atoms with Gasteiger partial charge in [0.15, 0.2) is 0 Å². The molecule has 2 aromatic heterocycles. The minimum Gasteiger partial charge on any atom is -0.352 e. The van der Waals surface area contributed by atoms with Gasteiger partial charge in [-0.25, -0.2) is 9.97 Å². The van der Waals surface area contributed by atoms with E-state index in [2.05, 4.69) is 28.7 Å². The molecule has 2 N–H and O–H groups in total. The Morgan fingerprint density at radius 1 is 1.24 bits per heavy atom. The molecule has 0 radical (unpaired) electrons. The van der Waals surface area contributed by atoms with Crippen molar-refractivity contribution in [1.29, 1.82) is 0 Å². The van der Waals surface area contributed by atoms with Gasteiger partial charge in [-0.2, -0.15) is 0 Å². The maximum absolute atomic E-state index is 5.88. The van der Waals surface area contributed by atoms with Crippen LogP contribution in [-0.2, 0) is 0 Å². The van der Waals surface area contributed by atoms with Gasteiger partial charge in [0, 0.05) is 24.0 Å².